The van der Waals surface area contributed by atoms with Crippen molar-refractivity contribution in [2.75, 3.05) is 0 Å². The first-order valence-electron chi connectivity index (χ1n) is 7.14. The molecule has 0 fully saturated rings. The van der Waals surface area contributed by atoms with E-state index in [-0.39, 0.29) is 17.2 Å². The molecule has 1 aromatic heterocycles. The standard InChI is InChI=1S/C17H14N4O3/c1-11-19-20-16(13-5-3-2-4-6-13)17(24)21(11)18-10-12-7-8-14(22)15(23)9-12/h2-10,22-23H,1H3/b18-10-. The van der Waals surface area contributed by atoms with Crippen molar-refractivity contribution >= 4 is 6.21 Å². The van der Waals surface area contributed by atoms with Crippen LogP contribution in [0, 0.1) is 6.92 Å². The molecule has 0 aliphatic rings. The number of benzene rings is 2. The maximum atomic E-state index is 12.6. The molecular weight excluding hydrogens is 308 g/mol. The van der Waals surface area contributed by atoms with Crippen LogP contribution in [0.2, 0.25) is 0 Å². The third-order valence-corrected chi connectivity index (χ3v) is 3.37. The first kappa shape index (κ1) is 15.4. The van der Waals surface area contributed by atoms with E-state index >= 15 is 0 Å². The third-order valence-electron chi connectivity index (χ3n) is 3.37. The fourth-order valence-electron chi connectivity index (χ4n) is 2.11. The Bertz CT molecular complexity index is 965. The van der Waals surface area contributed by atoms with E-state index in [0.29, 0.717) is 17.0 Å². The number of aromatic hydroxyl groups is 2. The predicted molar refractivity (Wildman–Crippen MR) is 89.2 cm³/mol. The van der Waals surface area contributed by atoms with E-state index in [4.69, 9.17) is 0 Å². The highest BCUT2D eigenvalue weighted by molar-refractivity contribution is 5.80. The summed E-state index contributed by atoms with van der Waals surface area (Å²) < 4.78 is 1.14. The molecule has 0 amide bonds. The average molecular weight is 322 g/mol. The van der Waals surface area contributed by atoms with Gasteiger partial charge in [-0.05, 0) is 30.7 Å². The van der Waals surface area contributed by atoms with E-state index in [9.17, 15) is 15.0 Å². The lowest BCUT2D eigenvalue weighted by atomic mass is 10.2. The van der Waals surface area contributed by atoms with E-state index in [1.165, 1.54) is 18.3 Å². The number of hydrogen-bond acceptors (Lipinski definition) is 6. The summed E-state index contributed by atoms with van der Waals surface area (Å²) in [7, 11) is 0. The molecule has 3 rings (SSSR count). The molecule has 0 unspecified atom stereocenters. The Hall–Kier alpha value is -3.48. The largest absolute Gasteiger partial charge is 0.504 e. The molecule has 0 bridgehead atoms. The summed E-state index contributed by atoms with van der Waals surface area (Å²) in [6.45, 7) is 1.62. The molecule has 0 saturated heterocycles. The van der Waals surface area contributed by atoms with Crippen LogP contribution < -0.4 is 5.56 Å². The second-order valence-electron chi connectivity index (χ2n) is 5.07. The van der Waals surface area contributed by atoms with Crippen LogP contribution in [0.4, 0.5) is 0 Å². The number of aromatic nitrogens is 3. The van der Waals surface area contributed by atoms with Gasteiger partial charge < -0.3 is 10.2 Å². The summed E-state index contributed by atoms with van der Waals surface area (Å²) in [6.07, 6.45) is 1.39. The van der Waals surface area contributed by atoms with Crippen molar-refractivity contribution in [3.8, 4) is 22.8 Å². The van der Waals surface area contributed by atoms with Crippen LogP contribution in [0.3, 0.4) is 0 Å². The zero-order valence-electron chi connectivity index (χ0n) is 12.8. The molecule has 0 atom stereocenters. The molecule has 0 aliphatic carbocycles. The highest BCUT2D eigenvalue weighted by atomic mass is 16.3. The Labute approximate surface area is 137 Å². The van der Waals surface area contributed by atoms with Gasteiger partial charge in [0.05, 0.1) is 6.21 Å². The van der Waals surface area contributed by atoms with E-state index in [1.807, 2.05) is 18.2 Å². The minimum Gasteiger partial charge on any atom is -0.504 e. The predicted octanol–water partition coefficient (Wildman–Crippen LogP) is 1.91. The summed E-state index contributed by atoms with van der Waals surface area (Å²) in [5.41, 5.74) is 0.982. The van der Waals surface area contributed by atoms with E-state index in [2.05, 4.69) is 15.3 Å². The summed E-state index contributed by atoms with van der Waals surface area (Å²) in [4.78, 5) is 12.6. The van der Waals surface area contributed by atoms with Gasteiger partial charge in [0.2, 0.25) is 0 Å². The Kier molecular flexibility index (Phi) is 4.07. The Morgan fingerprint density at radius 1 is 1.04 bits per heavy atom. The van der Waals surface area contributed by atoms with Crippen molar-refractivity contribution in [3.05, 3.63) is 70.3 Å². The van der Waals surface area contributed by atoms with Crippen LogP contribution >= 0.6 is 0 Å². The SMILES string of the molecule is Cc1nnc(-c2ccccc2)c(=O)n1/N=C\c1ccc(O)c(O)c1. The first-order valence-corrected chi connectivity index (χ1v) is 7.14. The quantitative estimate of drug-likeness (QED) is 0.566. The van der Waals surface area contributed by atoms with Crippen LogP contribution in [0.25, 0.3) is 11.3 Å². The van der Waals surface area contributed by atoms with Gasteiger partial charge in [0.1, 0.15) is 0 Å². The lowest BCUT2D eigenvalue weighted by Gasteiger charge is -2.05. The molecule has 7 heteroatoms. The molecule has 0 radical (unpaired) electrons. The maximum absolute atomic E-state index is 12.6. The normalized spacial score (nSPS) is 11.0. The highest BCUT2D eigenvalue weighted by Gasteiger charge is 2.10. The van der Waals surface area contributed by atoms with E-state index in [1.54, 1.807) is 25.1 Å². The van der Waals surface area contributed by atoms with E-state index in [0.717, 1.165) is 4.68 Å². The van der Waals surface area contributed by atoms with Gasteiger partial charge >= 0.3 is 5.56 Å². The summed E-state index contributed by atoms with van der Waals surface area (Å²) in [5.74, 6) is -0.155. The zero-order valence-corrected chi connectivity index (χ0v) is 12.8. The van der Waals surface area contributed by atoms with Crippen molar-refractivity contribution in [1.82, 2.24) is 14.9 Å². The Balaban J connectivity index is 2.03. The number of phenolic OH excluding ortho intramolecular Hbond substituents is 2. The summed E-state index contributed by atoms with van der Waals surface area (Å²) >= 11 is 0. The molecule has 7 nitrogen and oxygen atoms in total. The lowest BCUT2D eigenvalue weighted by Crippen LogP contribution is -2.23. The smallest absolute Gasteiger partial charge is 0.301 e. The Morgan fingerprint density at radius 3 is 2.50 bits per heavy atom. The van der Waals surface area contributed by atoms with Crippen LogP contribution in [0.15, 0.2) is 58.4 Å². The molecule has 2 N–H and O–H groups in total. The van der Waals surface area contributed by atoms with Gasteiger partial charge in [0.15, 0.2) is 23.0 Å². The van der Waals surface area contributed by atoms with Crippen LogP contribution in [-0.4, -0.2) is 31.3 Å². The van der Waals surface area contributed by atoms with Gasteiger partial charge in [-0.2, -0.15) is 9.78 Å². The molecular formula is C17H14N4O3. The van der Waals surface area contributed by atoms with Gasteiger partial charge in [-0.25, -0.2) is 0 Å². The molecule has 1 heterocycles. The first-order chi connectivity index (χ1) is 11.6. The number of nitrogens with zero attached hydrogens (tertiary/aromatic N) is 4. The van der Waals surface area contributed by atoms with Gasteiger partial charge in [0.25, 0.3) is 0 Å². The summed E-state index contributed by atoms with van der Waals surface area (Å²) in [6, 6.07) is 13.2. The molecule has 0 spiro atoms. The molecule has 2 aromatic carbocycles. The van der Waals surface area contributed by atoms with Crippen molar-refractivity contribution in [3.63, 3.8) is 0 Å². The van der Waals surface area contributed by atoms with Crippen molar-refractivity contribution in [2.45, 2.75) is 6.92 Å². The fraction of sp³-hybridized carbons (Fsp3) is 0.0588. The fourth-order valence-corrected chi connectivity index (χ4v) is 2.11. The van der Waals surface area contributed by atoms with Crippen molar-refractivity contribution < 1.29 is 10.2 Å². The molecule has 24 heavy (non-hydrogen) atoms. The maximum Gasteiger partial charge on any atom is 0.301 e. The Morgan fingerprint density at radius 2 is 1.79 bits per heavy atom. The van der Waals surface area contributed by atoms with Gasteiger partial charge in [-0.15, -0.1) is 10.2 Å². The van der Waals surface area contributed by atoms with Gasteiger partial charge in [-0.1, -0.05) is 30.3 Å². The molecule has 0 saturated carbocycles. The minimum atomic E-state index is -0.395. The van der Waals surface area contributed by atoms with Gasteiger partial charge in [0, 0.05) is 5.56 Å². The van der Waals surface area contributed by atoms with E-state index < -0.39 is 5.56 Å². The van der Waals surface area contributed by atoms with Crippen LogP contribution in [0.1, 0.15) is 11.4 Å². The van der Waals surface area contributed by atoms with Crippen LogP contribution in [0.5, 0.6) is 11.5 Å². The van der Waals surface area contributed by atoms with Gasteiger partial charge in [-0.3, -0.25) is 4.79 Å². The second kappa shape index (κ2) is 6.33. The second-order valence-corrected chi connectivity index (χ2v) is 5.07. The highest BCUT2D eigenvalue weighted by Crippen LogP contribution is 2.24. The summed E-state index contributed by atoms with van der Waals surface area (Å²) in [5, 5.41) is 30.9. The van der Waals surface area contributed by atoms with Crippen LogP contribution in [-0.2, 0) is 0 Å². The number of aryl methyl sites for hydroxylation is 1. The average Bonchev–Trinajstić information content (AvgIpc) is 2.58. The lowest BCUT2D eigenvalue weighted by molar-refractivity contribution is 0.403. The third kappa shape index (κ3) is 3.00. The van der Waals surface area contributed by atoms with Crippen molar-refractivity contribution in [1.29, 1.82) is 0 Å². The number of phenols is 2. The molecule has 120 valence electrons. The minimum absolute atomic E-state index is 0.201. The monoisotopic (exact) mass is 322 g/mol. The molecule has 0 aliphatic heterocycles. The molecule has 3 aromatic rings. The zero-order chi connectivity index (χ0) is 17.1. The number of hydrogen-bond donors (Lipinski definition) is 2. The topological polar surface area (TPSA) is 101 Å². The number of rotatable bonds is 3. The van der Waals surface area contributed by atoms with Crippen molar-refractivity contribution in [2.24, 2.45) is 5.10 Å².